The lowest BCUT2D eigenvalue weighted by Gasteiger charge is -2.31. The Labute approximate surface area is 177 Å². The van der Waals surface area contributed by atoms with E-state index in [9.17, 15) is 8.42 Å². The van der Waals surface area contributed by atoms with Crippen LogP contribution in [0.25, 0.3) is 0 Å². The van der Waals surface area contributed by atoms with Gasteiger partial charge in [-0.1, -0.05) is 13.8 Å². The number of rotatable bonds is 5. The van der Waals surface area contributed by atoms with Crippen molar-refractivity contribution in [3.05, 3.63) is 29.6 Å². The van der Waals surface area contributed by atoms with Gasteiger partial charge in [-0.3, -0.25) is 0 Å². The Balaban J connectivity index is 1.48. The number of piperidine rings is 1. The van der Waals surface area contributed by atoms with Crippen molar-refractivity contribution in [3.63, 3.8) is 0 Å². The number of sulfonamides is 1. The number of nitrogens with zero attached hydrogens (tertiary/aromatic N) is 5. The maximum Gasteiger partial charge on any atom is 0.262 e. The summed E-state index contributed by atoms with van der Waals surface area (Å²) in [5.74, 6) is 1.62. The van der Waals surface area contributed by atoms with Gasteiger partial charge in [-0.25, -0.2) is 18.4 Å². The van der Waals surface area contributed by atoms with Gasteiger partial charge in [0.1, 0.15) is 11.9 Å². The van der Waals surface area contributed by atoms with E-state index < -0.39 is 10.0 Å². The SMILES string of the molecule is CC(C)c1nc2c(c(OC3CCN(S(=O)(=O)c4cn(C)cn4)CC3)n1)CCOCC2. The molecule has 0 atom stereocenters. The first-order valence-electron chi connectivity index (χ1n) is 10.5. The summed E-state index contributed by atoms with van der Waals surface area (Å²) in [7, 11) is -1.81. The second kappa shape index (κ2) is 8.60. The van der Waals surface area contributed by atoms with E-state index in [1.165, 1.54) is 16.8 Å². The van der Waals surface area contributed by atoms with Crippen molar-refractivity contribution in [2.75, 3.05) is 26.3 Å². The van der Waals surface area contributed by atoms with E-state index in [0.717, 1.165) is 29.9 Å². The van der Waals surface area contributed by atoms with Gasteiger partial charge in [-0.05, 0) is 12.8 Å². The summed E-state index contributed by atoms with van der Waals surface area (Å²) in [4.78, 5) is 13.5. The molecule has 0 saturated carbocycles. The largest absolute Gasteiger partial charge is 0.474 e. The van der Waals surface area contributed by atoms with Crippen molar-refractivity contribution in [2.24, 2.45) is 7.05 Å². The number of aromatic nitrogens is 4. The summed E-state index contributed by atoms with van der Waals surface area (Å²) in [5.41, 5.74) is 2.04. The number of fused-ring (bicyclic) bond motifs is 1. The van der Waals surface area contributed by atoms with Crippen molar-refractivity contribution >= 4 is 10.0 Å². The minimum atomic E-state index is -3.57. The average Bonchev–Trinajstić information content (AvgIpc) is 3.02. The van der Waals surface area contributed by atoms with Gasteiger partial charge in [0.2, 0.25) is 5.88 Å². The molecule has 0 aliphatic carbocycles. The number of hydrogen-bond donors (Lipinski definition) is 0. The highest BCUT2D eigenvalue weighted by molar-refractivity contribution is 7.89. The van der Waals surface area contributed by atoms with Crippen LogP contribution in [0.4, 0.5) is 0 Å². The number of aryl methyl sites for hydroxylation is 1. The minimum absolute atomic E-state index is 0.0802. The standard InChI is InChI=1S/C20H29N5O4S/c1-14(2)19-22-17-7-11-28-10-6-16(17)20(23-19)29-15-4-8-25(9-5-15)30(26,27)18-12-24(3)13-21-18/h12-15H,4-11H2,1-3H3. The molecule has 10 heteroatoms. The summed E-state index contributed by atoms with van der Waals surface area (Å²) in [6.45, 7) is 6.23. The summed E-state index contributed by atoms with van der Waals surface area (Å²) in [6, 6.07) is 0. The molecule has 2 aliphatic rings. The third kappa shape index (κ3) is 4.35. The van der Waals surface area contributed by atoms with Crippen molar-refractivity contribution in [2.45, 2.75) is 56.6 Å². The Bertz CT molecular complexity index is 997. The number of ether oxygens (including phenoxy) is 2. The zero-order valence-corrected chi connectivity index (χ0v) is 18.6. The third-order valence-electron chi connectivity index (χ3n) is 5.53. The third-order valence-corrected chi connectivity index (χ3v) is 7.32. The Hall–Kier alpha value is -2.04. The molecule has 0 unspecified atom stereocenters. The van der Waals surface area contributed by atoms with Gasteiger partial charge in [0.05, 0.1) is 25.2 Å². The molecule has 0 aromatic carbocycles. The molecule has 2 aliphatic heterocycles. The highest BCUT2D eigenvalue weighted by Gasteiger charge is 2.32. The quantitative estimate of drug-likeness (QED) is 0.704. The summed E-state index contributed by atoms with van der Waals surface area (Å²) in [5, 5.41) is 0.0899. The van der Waals surface area contributed by atoms with Crippen LogP contribution in [0, 0.1) is 0 Å². The maximum absolute atomic E-state index is 12.8. The fourth-order valence-electron chi connectivity index (χ4n) is 3.79. The van der Waals surface area contributed by atoms with Gasteiger partial charge in [-0.15, -0.1) is 0 Å². The summed E-state index contributed by atoms with van der Waals surface area (Å²) >= 11 is 0. The fraction of sp³-hybridized carbons (Fsp3) is 0.650. The molecule has 2 aromatic rings. The monoisotopic (exact) mass is 435 g/mol. The predicted molar refractivity (Wildman–Crippen MR) is 110 cm³/mol. The summed E-state index contributed by atoms with van der Waals surface area (Å²) in [6.07, 6.45) is 5.66. The van der Waals surface area contributed by atoms with Crippen LogP contribution in [0.3, 0.4) is 0 Å². The van der Waals surface area contributed by atoms with E-state index in [4.69, 9.17) is 19.4 Å². The van der Waals surface area contributed by atoms with Crippen molar-refractivity contribution < 1.29 is 17.9 Å². The molecule has 1 fully saturated rings. The Kier molecular flexibility index (Phi) is 6.08. The van der Waals surface area contributed by atoms with E-state index in [1.54, 1.807) is 11.6 Å². The second-order valence-electron chi connectivity index (χ2n) is 8.18. The minimum Gasteiger partial charge on any atom is -0.474 e. The van der Waals surface area contributed by atoms with Gasteiger partial charge in [-0.2, -0.15) is 9.29 Å². The van der Waals surface area contributed by atoms with Gasteiger partial charge in [0.25, 0.3) is 10.0 Å². The van der Waals surface area contributed by atoms with Gasteiger partial charge >= 0.3 is 0 Å². The lowest BCUT2D eigenvalue weighted by molar-refractivity contribution is 0.126. The van der Waals surface area contributed by atoms with E-state index in [1.807, 2.05) is 0 Å². The fourth-order valence-corrected chi connectivity index (χ4v) is 5.22. The first-order chi connectivity index (χ1) is 14.3. The molecule has 0 amide bonds. The van der Waals surface area contributed by atoms with Crippen LogP contribution in [0.2, 0.25) is 0 Å². The molecule has 9 nitrogen and oxygen atoms in total. The van der Waals surface area contributed by atoms with E-state index >= 15 is 0 Å². The lowest BCUT2D eigenvalue weighted by Crippen LogP contribution is -2.42. The smallest absolute Gasteiger partial charge is 0.262 e. The molecular formula is C20H29N5O4S. The van der Waals surface area contributed by atoms with Gasteiger partial charge < -0.3 is 14.0 Å². The first kappa shape index (κ1) is 21.2. The topological polar surface area (TPSA) is 99.4 Å². The van der Waals surface area contributed by atoms with Crippen LogP contribution in [0.15, 0.2) is 17.6 Å². The molecule has 4 heterocycles. The number of hydrogen-bond acceptors (Lipinski definition) is 7. The Morgan fingerprint density at radius 3 is 2.57 bits per heavy atom. The van der Waals surface area contributed by atoms with E-state index in [2.05, 4.69) is 18.8 Å². The molecule has 2 aromatic heterocycles. The maximum atomic E-state index is 12.8. The Morgan fingerprint density at radius 1 is 1.17 bits per heavy atom. The van der Waals surface area contributed by atoms with Crippen LogP contribution in [0.1, 0.15) is 49.7 Å². The molecule has 164 valence electrons. The van der Waals surface area contributed by atoms with Crippen molar-refractivity contribution in [3.8, 4) is 5.88 Å². The molecular weight excluding hydrogens is 406 g/mol. The molecule has 0 bridgehead atoms. The van der Waals surface area contributed by atoms with Crippen molar-refractivity contribution in [1.82, 2.24) is 23.8 Å². The molecule has 4 rings (SSSR count). The van der Waals surface area contributed by atoms with Crippen LogP contribution in [-0.4, -0.2) is 64.6 Å². The van der Waals surface area contributed by atoms with Gasteiger partial charge in [0, 0.05) is 50.7 Å². The van der Waals surface area contributed by atoms with E-state index in [0.29, 0.717) is 45.0 Å². The lowest BCUT2D eigenvalue weighted by atomic mass is 10.1. The average molecular weight is 436 g/mol. The normalized spacial score (nSPS) is 18.9. The number of imidazole rings is 1. The predicted octanol–water partition coefficient (Wildman–Crippen LogP) is 1.68. The zero-order valence-electron chi connectivity index (χ0n) is 17.7. The second-order valence-corrected chi connectivity index (χ2v) is 10.1. The molecule has 0 spiro atoms. The highest BCUT2D eigenvalue weighted by Crippen LogP contribution is 2.28. The Morgan fingerprint density at radius 2 is 1.90 bits per heavy atom. The molecule has 0 N–H and O–H groups in total. The van der Waals surface area contributed by atoms with Crippen LogP contribution >= 0.6 is 0 Å². The molecule has 1 saturated heterocycles. The van der Waals surface area contributed by atoms with Crippen LogP contribution in [-0.2, 0) is 34.6 Å². The van der Waals surface area contributed by atoms with Crippen molar-refractivity contribution in [1.29, 1.82) is 0 Å². The first-order valence-corrected chi connectivity index (χ1v) is 11.9. The molecule has 0 radical (unpaired) electrons. The molecule has 30 heavy (non-hydrogen) atoms. The van der Waals surface area contributed by atoms with Gasteiger partial charge in [0.15, 0.2) is 5.03 Å². The highest BCUT2D eigenvalue weighted by atomic mass is 32.2. The summed E-state index contributed by atoms with van der Waals surface area (Å²) < 4.78 is 40.6. The van der Waals surface area contributed by atoms with Crippen LogP contribution < -0.4 is 4.74 Å². The van der Waals surface area contributed by atoms with E-state index in [-0.39, 0.29) is 17.0 Å². The zero-order chi connectivity index (χ0) is 21.3. The van der Waals surface area contributed by atoms with Crippen LogP contribution in [0.5, 0.6) is 5.88 Å².